The molecule has 3 rings (SSSR count). The minimum Gasteiger partial charge on any atom is -0.445 e. The highest BCUT2D eigenvalue weighted by molar-refractivity contribution is 5.68. The first-order valence-corrected chi connectivity index (χ1v) is 11.4. The first kappa shape index (κ1) is 25.7. The summed E-state index contributed by atoms with van der Waals surface area (Å²) in [6.45, 7) is 4.60. The summed E-state index contributed by atoms with van der Waals surface area (Å²) in [6.07, 6.45) is -2.96. The molecule has 1 amide bonds. The number of rotatable bonds is 5. The number of nitrogens with zero attached hydrogens (tertiary/aromatic N) is 2. The molecule has 0 aliphatic carbocycles. The molecule has 2 aliphatic heterocycles. The lowest BCUT2D eigenvalue weighted by atomic mass is 9.76. The van der Waals surface area contributed by atoms with Gasteiger partial charge >= 0.3 is 6.09 Å². The van der Waals surface area contributed by atoms with Crippen LogP contribution in [0.2, 0.25) is 0 Å². The van der Waals surface area contributed by atoms with Gasteiger partial charge in [-0.3, -0.25) is 4.90 Å². The number of piperidine rings is 2. The van der Waals surface area contributed by atoms with Crippen LogP contribution in [0.1, 0.15) is 39.2 Å². The van der Waals surface area contributed by atoms with E-state index in [-0.39, 0.29) is 32.6 Å². The number of carbonyl (C=O) groups is 1. The molecule has 0 spiro atoms. The predicted octanol–water partition coefficient (Wildman–Crippen LogP) is 4.64. The summed E-state index contributed by atoms with van der Waals surface area (Å²) in [5, 5.41) is 9.30. The molecule has 1 aromatic rings. The quantitative estimate of drug-likeness (QED) is 0.632. The van der Waals surface area contributed by atoms with Crippen LogP contribution in [0, 0.1) is 17.3 Å². The van der Waals surface area contributed by atoms with Crippen molar-refractivity contribution in [1.82, 2.24) is 9.80 Å². The van der Waals surface area contributed by atoms with E-state index in [9.17, 15) is 18.7 Å². The zero-order valence-corrected chi connectivity index (χ0v) is 19.4. The van der Waals surface area contributed by atoms with Crippen molar-refractivity contribution < 1.29 is 32.2 Å². The van der Waals surface area contributed by atoms with Crippen molar-refractivity contribution in [3.8, 4) is 0 Å². The van der Waals surface area contributed by atoms with E-state index >= 15 is 8.78 Å². The normalized spacial score (nSPS) is 26.6. The molecule has 3 atom stereocenters. The van der Waals surface area contributed by atoms with E-state index < -0.39 is 54.3 Å². The van der Waals surface area contributed by atoms with Crippen molar-refractivity contribution in [1.29, 1.82) is 0 Å². The summed E-state index contributed by atoms with van der Waals surface area (Å²) < 4.78 is 63.7. The topological polar surface area (TPSA) is 53.0 Å². The van der Waals surface area contributed by atoms with Gasteiger partial charge < -0.3 is 14.7 Å². The molecule has 186 valence electrons. The Labute approximate surface area is 192 Å². The fraction of sp³-hybridized carbons (Fsp3) is 0.708. The number of alkyl halides is 4. The number of benzene rings is 1. The van der Waals surface area contributed by atoms with Gasteiger partial charge in [-0.15, -0.1) is 0 Å². The molecule has 1 N–H and O–H groups in total. The highest BCUT2D eigenvalue weighted by Crippen LogP contribution is 2.43. The predicted molar refractivity (Wildman–Crippen MR) is 116 cm³/mol. The van der Waals surface area contributed by atoms with Crippen LogP contribution in [0.15, 0.2) is 30.3 Å². The van der Waals surface area contributed by atoms with Crippen LogP contribution in [0.25, 0.3) is 0 Å². The molecule has 33 heavy (non-hydrogen) atoms. The van der Waals surface area contributed by atoms with Crippen molar-refractivity contribution in [2.24, 2.45) is 17.3 Å². The van der Waals surface area contributed by atoms with E-state index in [0.717, 1.165) is 10.5 Å². The van der Waals surface area contributed by atoms with Gasteiger partial charge in [0.2, 0.25) is 0 Å². The zero-order valence-electron chi connectivity index (χ0n) is 19.4. The maximum absolute atomic E-state index is 15.1. The van der Waals surface area contributed by atoms with Crippen LogP contribution >= 0.6 is 0 Å². The molecule has 3 unspecified atom stereocenters. The molecular formula is C24H34F4N2O3. The Kier molecular flexibility index (Phi) is 7.63. The van der Waals surface area contributed by atoms with Crippen molar-refractivity contribution in [3.05, 3.63) is 35.9 Å². The highest BCUT2D eigenvalue weighted by atomic mass is 19.3. The minimum atomic E-state index is -3.08. The average molecular weight is 475 g/mol. The van der Waals surface area contributed by atoms with Gasteiger partial charge in [0.05, 0.1) is 18.4 Å². The third-order valence-corrected chi connectivity index (χ3v) is 6.69. The Bertz CT molecular complexity index is 801. The van der Waals surface area contributed by atoms with Crippen LogP contribution in [-0.4, -0.2) is 71.7 Å². The van der Waals surface area contributed by atoms with Crippen LogP contribution in [-0.2, 0) is 11.3 Å². The second kappa shape index (κ2) is 9.78. The van der Waals surface area contributed by atoms with Crippen LogP contribution < -0.4 is 0 Å². The van der Waals surface area contributed by atoms with Crippen molar-refractivity contribution in [2.75, 3.05) is 32.8 Å². The lowest BCUT2D eigenvalue weighted by Gasteiger charge is -2.46. The maximum Gasteiger partial charge on any atom is 0.410 e. The zero-order chi connectivity index (χ0) is 24.4. The number of hydrogen-bond acceptors (Lipinski definition) is 4. The Morgan fingerprint density at radius 2 is 1.73 bits per heavy atom. The molecule has 0 saturated carbocycles. The third-order valence-electron chi connectivity index (χ3n) is 6.69. The molecule has 1 aromatic carbocycles. The lowest BCUT2D eigenvalue weighted by Crippen LogP contribution is -2.57. The monoisotopic (exact) mass is 474 g/mol. The third kappa shape index (κ3) is 6.18. The minimum absolute atomic E-state index is 0.0500. The summed E-state index contributed by atoms with van der Waals surface area (Å²) in [5.41, 5.74) is 0.213. The van der Waals surface area contributed by atoms with E-state index in [1.165, 1.54) is 0 Å². The van der Waals surface area contributed by atoms with Crippen molar-refractivity contribution >= 4 is 6.09 Å². The van der Waals surface area contributed by atoms with Crippen molar-refractivity contribution in [2.45, 2.75) is 58.1 Å². The van der Waals surface area contributed by atoms with E-state index in [1.54, 1.807) is 20.8 Å². The summed E-state index contributed by atoms with van der Waals surface area (Å²) in [6, 6.07) is 9.56. The lowest BCUT2D eigenvalue weighted by molar-refractivity contribution is -0.170. The highest BCUT2D eigenvalue weighted by Gasteiger charge is 2.53. The van der Waals surface area contributed by atoms with E-state index in [4.69, 9.17) is 4.74 Å². The largest absolute Gasteiger partial charge is 0.445 e. The molecule has 2 heterocycles. The summed E-state index contributed by atoms with van der Waals surface area (Å²) >= 11 is 0. The number of aliphatic hydroxyl groups is 1. The molecule has 5 nitrogen and oxygen atoms in total. The number of likely N-dealkylation sites (tertiary alicyclic amines) is 2. The maximum atomic E-state index is 15.1. The van der Waals surface area contributed by atoms with Gasteiger partial charge in [-0.05, 0) is 11.0 Å². The summed E-state index contributed by atoms with van der Waals surface area (Å²) in [7, 11) is 0. The molecule has 0 aromatic heterocycles. The van der Waals surface area contributed by atoms with E-state index in [0.29, 0.717) is 6.54 Å². The molecule has 9 heteroatoms. The number of amides is 1. The van der Waals surface area contributed by atoms with Gasteiger partial charge in [0.1, 0.15) is 6.10 Å². The van der Waals surface area contributed by atoms with Gasteiger partial charge in [0.15, 0.2) is 0 Å². The molecule has 2 aliphatic rings. The van der Waals surface area contributed by atoms with Gasteiger partial charge in [0.25, 0.3) is 11.8 Å². The Hall–Kier alpha value is -1.87. The SMILES string of the molecule is CC(C)(C)C(OC(=O)N1CCC(F)(F)C(CO)C1)C1CN(Cc2ccccc2)CCC1(F)F. The Balaban J connectivity index is 1.75. The first-order valence-electron chi connectivity index (χ1n) is 11.4. The Morgan fingerprint density at radius 1 is 1.09 bits per heavy atom. The van der Waals surface area contributed by atoms with Gasteiger partial charge in [-0.2, -0.15) is 0 Å². The van der Waals surface area contributed by atoms with Gasteiger partial charge in [-0.1, -0.05) is 51.1 Å². The van der Waals surface area contributed by atoms with Gasteiger partial charge in [-0.25, -0.2) is 22.4 Å². The number of hydrogen-bond donors (Lipinski definition) is 1. The Morgan fingerprint density at radius 3 is 2.33 bits per heavy atom. The molecular weight excluding hydrogens is 440 g/mol. The number of carbonyl (C=O) groups excluding carboxylic acids is 1. The fourth-order valence-corrected chi connectivity index (χ4v) is 4.68. The molecule has 2 fully saturated rings. The van der Waals surface area contributed by atoms with Crippen LogP contribution in [0.5, 0.6) is 0 Å². The van der Waals surface area contributed by atoms with Crippen LogP contribution in [0.4, 0.5) is 22.4 Å². The molecule has 0 radical (unpaired) electrons. The fourth-order valence-electron chi connectivity index (χ4n) is 4.68. The summed E-state index contributed by atoms with van der Waals surface area (Å²) in [5.74, 6) is -8.75. The second-order valence-electron chi connectivity index (χ2n) is 10.3. The van der Waals surface area contributed by atoms with Crippen molar-refractivity contribution in [3.63, 3.8) is 0 Å². The van der Waals surface area contributed by atoms with E-state index in [1.807, 2.05) is 35.2 Å². The molecule has 0 bridgehead atoms. The van der Waals surface area contributed by atoms with E-state index in [2.05, 4.69) is 0 Å². The summed E-state index contributed by atoms with van der Waals surface area (Å²) in [4.78, 5) is 15.9. The smallest absolute Gasteiger partial charge is 0.410 e. The second-order valence-corrected chi connectivity index (χ2v) is 10.3. The number of ether oxygens (including phenoxy) is 1. The number of aliphatic hydroxyl groups excluding tert-OH is 1. The van der Waals surface area contributed by atoms with Gasteiger partial charge in [0, 0.05) is 45.6 Å². The molecule has 2 saturated heterocycles. The van der Waals surface area contributed by atoms with Crippen LogP contribution in [0.3, 0.4) is 0 Å². The average Bonchev–Trinajstić information content (AvgIpc) is 2.73. The first-order chi connectivity index (χ1) is 15.3. The standard InChI is InChI=1S/C24H34F4N2O3/c1-22(2,3)20(33-21(32)30-12-10-23(25,26)18(14-30)16-31)19-15-29(11-9-24(19,27)28)13-17-7-5-4-6-8-17/h4-8,18-20,31H,9-16H2,1-3H3. The number of halogens is 4.